The van der Waals surface area contributed by atoms with Crippen molar-refractivity contribution in [3.8, 4) is 0 Å². The summed E-state index contributed by atoms with van der Waals surface area (Å²) in [6.07, 6.45) is 3.34. The van der Waals surface area contributed by atoms with Gasteiger partial charge in [-0.2, -0.15) is 0 Å². The molecule has 7 heteroatoms. The van der Waals surface area contributed by atoms with Crippen LogP contribution in [0, 0.1) is 5.82 Å². The summed E-state index contributed by atoms with van der Waals surface area (Å²) in [5.41, 5.74) is 2.72. The third-order valence-electron chi connectivity index (χ3n) is 5.88. The van der Waals surface area contributed by atoms with Crippen LogP contribution >= 0.6 is 0 Å². The number of rotatable bonds is 4. The maximum Gasteiger partial charge on any atom is 0.246 e. The Morgan fingerprint density at radius 3 is 2.47 bits per heavy atom. The normalized spacial score (nSPS) is 13.8. The Hall–Kier alpha value is -3.45. The zero-order chi connectivity index (χ0) is 22.3. The first-order valence-electron chi connectivity index (χ1n) is 10.4. The number of hydrogen-bond donors (Lipinski definition) is 0. The standard InChI is InChI=1S/C25H21FN2O3S/c26-19-11-13-20(14-12-19)32(30,31)24-16-27(23-10-4-2-8-21(23)24)17-25(29)28-15-5-7-18-6-1-3-9-22(18)28/h1-4,6,8-14,16H,5,7,15,17H2. The Balaban J connectivity index is 1.54. The highest BCUT2D eigenvalue weighted by Gasteiger charge is 2.26. The average Bonchev–Trinajstić information content (AvgIpc) is 3.18. The van der Waals surface area contributed by atoms with Gasteiger partial charge in [-0.25, -0.2) is 12.8 Å². The fraction of sp³-hybridized carbons (Fsp3) is 0.160. The zero-order valence-corrected chi connectivity index (χ0v) is 18.1. The van der Waals surface area contributed by atoms with Gasteiger partial charge in [-0.3, -0.25) is 4.79 Å². The molecule has 1 aliphatic rings. The number of sulfone groups is 1. The monoisotopic (exact) mass is 448 g/mol. The molecule has 0 bridgehead atoms. The molecule has 0 unspecified atom stereocenters. The third kappa shape index (κ3) is 3.48. The molecule has 4 aromatic rings. The molecule has 3 aromatic carbocycles. The van der Waals surface area contributed by atoms with Crippen molar-refractivity contribution in [3.05, 3.63) is 90.4 Å². The molecule has 2 heterocycles. The van der Waals surface area contributed by atoms with Gasteiger partial charge in [0.1, 0.15) is 12.4 Å². The summed E-state index contributed by atoms with van der Waals surface area (Å²) in [6.45, 7) is 0.656. The minimum absolute atomic E-state index is 0.0121. The van der Waals surface area contributed by atoms with Gasteiger partial charge in [-0.15, -0.1) is 0 Å². The maximum absolute atomic E-state index is 13.3. The van der Waals surface area contributed by atoms with Crippen LogP contribution in [0.1, 0.15) is 12.0 Å². The number of amides is 1. The first kappa shape index (κ1) is 20.5. The van der Waals surface area contributed by atoms with Gasteiger partial charge >= 0.3 is 0 Å². The Morgan fingerprint density at radius 1 is 0.938 bits per heavy atom. The van der Waals surface area contributed by atoms with E-state index >= 15 is 0 Å². The van der Waals surface area contributed by atoms with E-state index in [2.05, 4.69) is 0 Å². The SMILES string of the molecule is O=C(Cn1cc(S(=O)(=O)c2ccc(F)cc2)c2ccccc21)N1CCCc2ccccc21. The predicted molar refractivity (Wildman–Crippen MR) is 121 cm³/mol. The first-order valence-corrected chi connectivity index (χ1v) is 11.9. The van der Waals surface area contributed by atoms with Gasteiger partial charge in [-0.1, -0.05) is 36.4 Å². The summed E-state index contributed by atoms with van der Waals surface area (Å²) in [4.78, 5) is 15.1. The molecular weight excluding hydrogens is 427 g/mol. The minimum Gasteiger partial charge on any atom is -0.337 e. The first-order chi connectivity index (χ1) is 15.4. The van der Waals surface area contributed by atoms with Gasteiger partial charge in [0.25, 0.3) is 0 Å². The van der Waals surface area contributed by atoms with Crippen LogP contribution < -0.4 is 4.90 Å². The topological polar surface area (TPSA) is 59.4 Å². The molecule has 0 radical (unpaired) electrons. The van der Waals surface area contributed by atoms with Gasteiger partial charge in [-0.05, 0) is 54.8 Å². The van der Waals surface area contributed by atoms with Crippen LogP contribution in [0.2, 0.25) is 0 Å². The fourth-order valence-corrected chi connectivity index (χ4v) is 5.80. The molecule has 162 valence electrons. The summed E-state index contributed by atoms with van der Waals surface area (Å²) < 4.78 is 41.6. The van der Waals surface area contributed by atoms with Gasteiger partial charge in [0.05, 0.1) is 9.79 Å². The van der Waals surface area contributed by atoms with Gasteiger partial charge in [0, 0.05) is 29.3 Å². The van der Waals surface area contributed by atoms with E-state index in [-0.39, 0.29) is 22.2 Å². The lowest BCUT2D eigenvalue weighted by Crippen LogP contribution is -2.37. The van der Waals surface area contributed by atoms with Crippen LogP contribution in [-0.4, -0.2) is 25.4 Å². The van der Waals surface area contributed by atoms with Crippen LogP contribution in [0.15, 0.2) is 88.8 Å². The van der Waals surface area contributed by atoms with E-state index in [1.165, 1.54) is 18.3 Å². The minimum atomic E-state index is -3.88. The van der Waals surface area contributed by atoms with Crippen LogP contribution in [0.3, 0.4) is 0 Å². The molecule has 0 aliphatic carbocycles. The van der Waals surface area contributed by atoms with Gasteiger partial charge in [0.15, 0.2) is 0 Å². The van der Waals surface area contributed by atoms with Crippen molar-refractivity contribution in [3.63, 3.8) is 0 Å². The van der Waals surface area contributed by atoms with Gasteiger partial charge in [0.2, 0.25) is 15.7 Å². The van der Waals surface area contributed by atoms with E-state index in [1.807, 2.05) is 30.3 Å². The maximum atomic E-state index is 13.3. The Morgan fingerprint density at radius 2 is 1.66 bits per heavy atom. The van der Waals surface area contributed by atoms with Crippen molar-refractivity contribution < 1.29 is 17.6 Å². The second-order valence-corrected chi connectivity index (χ2v) is 9.79. The largest absolute Gasteiger partial charge is 0.337 e. The molecular formula is C25H21FN2O3S. The summed E-state index contributed by atoms with van der Waals surface area (Å²) in [6, 6.07) is 19.7. The molecule has 1 amide bonds. The molecule has 5 nitrogen and oxygen atoms in total. The van der Waals surface area contributed by atoms with E-state index in [0.717, 1.165) is 36.2 Å². The Kier molecular flexibility index (Phi) is 5.06. The predicted octanol–water partition coefficient (Wildman–Crippen LogP) is 4.59. The molecule has 32 heavy (non-hydrogen) atoms. The molecule has 0 saturated carbocycles. The highest BCUT2D eigenvalue weighted by atomic mass is 32.2. The second kappa shape index (κ2) is 7.91. The highest BCUT2D eigenvalue weighted by Crippen LogP contribution is 2.31. The Bertz CT molecular complexity index is 1430. The number of benzene rings is 3. The molecule has 0 atom stereocenters. The molecule has 0 fully saturated rings. The summed E-state index contributed by atoms with van der Waals surface area (Å²) in [7, 11) is -3.88. The number of hydrogen-bond acceptors (Lipinski definition) is 3. The molecule has 0 N–H and O–H groups in total. The van der Waals surface area contributed by atoms with Crippen molar-refractivity contribution in [1.82, 2.24) is 4.57 Å². The van der Waals surface area contributed by atoms with Crippen molar-refractivity contribution in [2.24, 2.45) is 0 Å². The third-order valence-corrected chi connectivity index (χ3v) is 7.68. The number of carbonyl (C=O) groups excluding carboxylic acids is 1. The van der Waals surface area contributed by atoms with Crippen molar-refractivity contribution >= 4 is 32.3 Å². The molecule has 0 saturated heterocycles. The van der Waals surface area contributed by atoms with Crippen molar-refractivity contribution in [2.45, 2.75) is 29.2 Å². The van der Waals surface area contributed by atoms with Crippen molar-refractivity contribution in [1.29, 1.82) is 0 Å². The second-order valence-electron chi connectivity index (χ2n) is 7.87. The van der Waals surface area contributed by atoms with E-state index in [9.17, 15) is 17.6 Å². The molecule has 1 aliphatic heterocycles. The smallest absolute Gasteiger partial charge is 0.246 e. The number of halogens is 1. The zero-order valence-electron chi connectivity index (χ0n) is 17.2. The number of para-hydroxylation sites is 2. The average molecular weight is 449 g/mol. The quantitative estimate of drug-likeness (QED) is 0.429. The summed E-state index contributed by atoms with van der Waals surface area (Å²) in [5.74, 6) is -0.595. The lowest BCUT2D eigenvalue weighted by Gasteiger charge is -2.29. The van der Waals surface area contributed by atoms with Crippen LogP contribution in [-0.2, 0) is 27.6 Å². The number of fused-ring (bicyclic) bond motifs is 2. The summed E-state index contributed by atoms with van der Waals surface area (Å²) >= 11 is 0. The molecule has 5 rings (SSSR count). The number of carbonyl (C=O) groups is 1. The fourth-order valence-electron chi connectivity index (χ4n) is 4.32. The van der Waals surface area contributed by atoms with Crippen molar-refractivity contribution in [2.75, 3.05) is 11.4 Å². The van der Waals surface area contributed by atoms with E-state index in [0.29, 0.717) is 17.4 Å². The summed E-state index contributed by atoms with van der Waals surface area (Å²) in [5, 5.41) is 0.531. The molecule has 1 aromatic heterocycles. The lowest BCUT2D eigenvalue weighted by atomic mass is 10.0. The van der Waals surface area contributed by atoms with Crippen LogP contribution in [0.25, 0.3) is 10.9 Å². The van der Waals surface area contributed by atoms with E-state index in [1.54, 1.807) is 27.7 Å². The number of aromatic nitrogens is 1. The van der Waals surface area contributed by atoms with E-state index in [4.69, 9.17) is 0 Å². The van der Waals surface area contributed by atoms with E-state index < -0.39 is 15.7 Å². The number of anilines is 1. The van der Waals surface area contributed by atoms with Crippen LogP contribution in [0.5, 0.6) is 0 Å². The lowest BCUT2D eigenvalue weighted by molar-refractivity contribution is -0.119. The Labute approximate surface area is 185 Å². The van der Waals surface area contributed by atoms with Gasteiger partial charge < -0.3 is 9.47 Å². The van der Waals surface area contributed by atoms with Crippen LogP contribution in [0.4, 0.5) is 10.1 Å². The highest BCUT2D eigenvalue weighted by molar-refractivity contribution is 7.91. The number of nitrogens with zero attached hydrogens (tertiary/aromatic N) is 2. The number of aryl methyl sites for hydroxylation is 1. The molecule has 0 spiro atoms.